The minimum atomic E-state index is -0.587. The predicted octanol–water partition coefficient (Wildman–Crippen LogP) is 4.89. The summed E-state index contributed by atoms with van der Waals surface area (Å²) >= 11 is 1.19. The second-order valence-corrected chi connectivity index (χ2v) is 6.50. The zero-order chi connectivity index (χ0) is 19.4. The van der Waals surface area contributed by atoms with Gasteiger partial charge < -0.3 is 14.5 Å². The van der Waals surface area contributed by atoms with Crippen LogP contribution in [0.2, 0.25) is 0 Å². The molecule has 1 aromatic carbocycles. The van der Waals surface area contributed by atoms with Crippen LogP contribution in [-0.2, 0) is 9.53 Å². The van der Waals surface area contributed by atoms with E-state index in [1.165, 1.54) is 42.7 Å². The number of esters is 1. The highest BCUT2D eigenvalue weighted by Crippen LogP contribution is 2.36. The predicted molar refractivity (Wildman–Crippen MR) is 102 cm³/mol. The molecule has 0 saturated heterocycles. The van der Waals surface area contributed by atoms with Gasteiger partial charge in [0.1, 0.15) is 27.9 Å². The highest BCUT2D eigenvalue weighted by Gasteiger charge is 2.22. The van der Waals surface area contributed by atoms with Crippen LogP contribution in [-0.4, -0.2) is 19.0 Å². The molecule has 0 unspecified atom stereocenters. The number of carbonyl (C=O) groups excluding carboxylic acids is 2. The fourth-order valence-electron chi connectivity index (χ4n) is 2.45. The second kappa shape index (κ2) is 8.01. The summed E-state index contributed by atoms with van der Waals surface area (Å²) in [4.78, 5) is 24.5. The van der Waals surface area contributed by atoms with Crippen molar-refractivity contribution in [1.82, 2.24) is 0 Å². The highest BCUT2D eigenvalue weighted by atomic mass is 32.1. The van der Waals surface area contributed by atoms with Crippen LogP contribution in [0.4, 0.5) is 9.39 Å². The number of amides is 1. The second-order valence-electron chi connectivity index (χ2n) is 5.62. The number of methoxy groups -OCH3 is 1. The minimum absolute atomic E-state index is 0.227. The molecule has 1 N–H and O–H groups in total. The summed E-state index contributed by atoms with van der Waals surface area (Å²) in [6.07, 6.45) is 2.85. The first-order valence-corrected chi connectivity index (χ1v) is 8.87. The van der Waals surface area contributed by atoms with E-state index in [9.17, 15) is 14.0 Å². The molecule has 0 spiro atoms. The van der Waals surface area contributed by atoms with Crippen molar-refractivity contribution in [2.75, 3.05) is 12.4 Å². The number of aryl methyl sites for hydroxylation is 1. The minimum Gasteiger partial charge on any atom is -0.465 e. The van der Waals surface area contributed by atoms with E-state index in [0.717, 1.165) is 5.76 Å². The third-order valence-corrected chi connectivity index (χ3v) is 4.63. The number of benzene rings is 1. The van der Waals surface area contributed by atoms with Gasteiger partial charge in [0, 0.05) is 17.0 Å². The number of furan rings is 1. The van der Waals surface area contributed by atoms with E-state index >= 15 is 0 Å². The van der Waals surface area contributed by atoms with E-state index in [4.69, 9.17) is 9.15 Å². The molecule has 27 heavy (non-hydrogen) atoms. The van der Waals surface area contributed by atoms with Crippen molar-refractivity contribution in [3.05, 3.63) is 70.8 Å². The Hall–Kier alpha value is -3.19. The van der Waals surface area contributed by atoms with Crippen molar-refractivity contribution in [1.29, 1.82) is 0 Å². The van der Waals surface area contributed by atoms with Gasteiger partial charge >= 0.3 is 5.97 Å². The fourth-order valence-corrected chi connectivity index (χ4v) is 3.41. The molecule has 0 saturated carbocycles. The number of anilines is 1. The lowest BCUT2D eigenvalue weighted by Gasteiger charge is -2.06. The Bertz CT molecular complexity index is 1000. The summed E-state index contributed by atoms with van der Waals surface area (Å²) in [6, 6.07) is 9.28. The van der Waals surface area contributed by atoms with Crippen LogP contribution in [0.15, 0.2) is 52.3 Å². The van der Waals surface area contributed by atoms with Crippen molar-refractivity contribution < 1.29 is 23.1 Å². The number of nitrogens with one attached hydrogen (secondary N) is 1. The Morgan fingerprint density at radius 1 is 1.19 bits per heavy atom. The highest BCUT2D eigenvalue weighted by molar-refractivity contribution is 7.15. The number of hydrogen-bond donors (Lipinski definition) is 1. The monoisotopic (exact) mass is 385 g/mol. The fraction of sp³-hybridized carbons (Fsp3) is 0.100. The van der Waals surface area contributed by atoms with Crippen LogP contribution < -0.4 is 5.32 Å². The average Bonchev–Trinajstić information content (AvgIpc) is 3.26. The molecule has 0 atom stereocenters. The molecule has 1 amide bonds. The van der Waals surface area contributed by atoms with Crippen molar-refractivity contribution in [2.24, 2.45) is 0 Å². The van der Waals surface area contributed by atoms with Gasteiger partial charge in [-0.25, -0.2) is 9.18 Å². The van der Waals surface area contributed by atoms with Crippen LogP contribution in [0.3, 0.4) is 0 Å². The lowest BCUT2D eigenvalue weighted by atomic mass is 10.0. The molecule has 5 nitrogen and oxygen atoms in total. The molecule has 0 radical (unpaired) electrons. The van der Waals surface area contributed by atoms with Gasteiger partial charge in [0.15, 0.2) is 0 Å². The zero-order valence-corrected chi connectivity index (χ0v) is 15.4. The third kappa shape index (κ3) is 4.32. The number of carbonyl (C=O) groups is 2. The Labute approximate surface area is 159 Å². The van der Waals surface area contributed by atoms with Crippen molar-refractivity contribution in [3.8, 4) is 11.1 Å². The largest absolute Gasteiger partial charge is 0.465 e. The van der Waals surface area contributed by atoms with Gasteiger partial charge in [0.25, 0.3) is 0 Å². The van der Waals surface area contributed by atoms with Crippen LogP contribution in [0.1, 0.15) is 21.9 Å². The standard InChI is InChI=1S/C20H16FNO4S/c1-12-3-8-15(26-12)9-10-17(23)22-19-18(20(24)25-2)16(11-27-19)13-4-6-14(21)7-5-13/h3-11H,1-2H3,(H,22,23)/b10-9+. The summed E-state index contributed by atoms with van der Waals surface area (Å²) < 4.78 is 23.4. The summed E-state index contributed by atoms with van der Waals surface area (Å²) in [5, 5.41) is 4.75. The number of thiophene rings is 1. The molecule has 3 aromatic rings. The lowest BCUT2D eigenvalue weighted by molar-refractivity contribution is -0.111. The molecule has 0 aliphatic carbocycles. The first kappa shape index (κ1) is 18.6. The van der Waals surface area contributed by atoms with E-state index in [0.29, 0.717) is 21.9 Å². The number of hydrogen-bond acceptors (Lipinski definition) is 5. The van der Waals surface area contributed by atoms with Crippen LogP contribution >= 0.6 is 11.3 Å². The SMILES string of the molecule is COC(=O)c1c(-c2ccc(F)cc2)csc1NC(=O)/C=C/c1ccc(C)o1. The summed E-state index contributed by atoms with van der Waals surface area (Å²) in [5.41, 5.74) is 1.44. The third-order valence-electron chi connectivity index (χ3n) is 3.73. The van der Waals surface area contributed by atoms with Gasteiger partial charge in [-0.3, -0.25) is 4.79 Å². The number of rotatable bonds is 5. The molecule has 2 aromatic heterocycles. The van der Waals surface area contributed by atoms with E-state index < -0.39 is 11.9 Å². The Morgan fingerprint density at radius 3 is 2.56 bits per heavy atom. The summed E-state index contributed by atoms with van der Waals surface area (Å²) in [6.45, 7) is 1.81. The van der Waals surface area contributed by atoms with Crippen molar-refractivity contribution in [2.45, 2.75) is 6.92 Å². The molecule has 3 rings (SSSR count). The first-order chi connectivity index (χ1) is 13.0. The molecular weight excluding hydrogens is 369 g/mol. The van der Waals surface area contributed by atoms with E-state index in [1.54, 1.807) is 29.6 Å². The van der Waals surface area contributed by atoms with Gasteiger partial charge in [-0.1, -0.05) is 12.1 Å². The molecule has 7 heteroatoms. The average molecular weight is 385 g/mol. The molecule has 2 heterocycles. The smallest absolute Gasteiger partial charge is 0.341 e. The quantitative estimate of drug-likeness (QED) is 0.501. The zero-order valence-electron chi connectivity index (χ0n) is 14.6. The van der Waals surface area contributed by atoms with E-state index in [-0.39, 0.29) is 11.4 Å². The first-order valence-electron chi connectivity index (χ1n) is 7.99. The normalized spacial score (nSPS) is 10.9. The van der Waals surface area contributed by atoms with Crippen LogP contribution in [0.5, 0.6) is 0 Å². The van der Waals surface area contributed by atoms with Crippen molar-refractivity contribution >= 4 is 34.3 Å². The molecular formula is C20H16FNO4S. The van der Waals surface area contributed by atoms with Gasteiger partial charge in [0.2, 0.25) is 5.91 Å². The Morgan fingerprint density at radius 2 is 1.93 bits per heavy atom. The van der Waals surface area contributed by atoms with Gasteiger partial charge in [-0.05, 0) is 42.8 Å². The van der Waals surface area contributed by atoms with Gasteiger partial charge in [0.05, 0.1) is 7.11 Å². The molecule has 138 valence electrons. The maximum Gasteiger partial charge on any atom is 0.341 e. The molecule has 0 bridgehead atoms. The lowest BCUT2D eigenvalue weighted by Crippen LogP contribution is -2.11. The Balaban J connectivity index is 1.86. The van der Waals surface area contributed by atoms with Crippen LogP contribution in [0.25, 0.3) is 17.2 Å². The summed E-state index contributed by atoms with van der Waals surface area (Å²) in [5.74, 6) is -0.0853. The molecule has 0 aliphatic rings. The maximum absolute atomic E-state index is 13.2. The maximum atomic E-state index is 13.2. The number of ether oxygens (including phenoxy) is 1. The van der Waals surface area contributed by atoms with Crippen molar-refractivity contribution in [3.63, 3.8) is 0 Å². The van der Waals surface area contributed by atoms with Gasteiger partial charge in [-0.15, -0.1) is 11.3 Å². The number of halogens is 1. The summed E-state index contributed by atoms with van der Waals surface area (Å²) in [7, 11) is 1.26. The molecule has 0 aliphatic heterocycles. The van der Waals surface area contributed by atoms with E-state index in [2.05, 4.69) is 5.32 Å². The van der Waals surface area contributed by atoms with Gasteiger partial charge in [-0.2, -0.15) is 0 Å². The topological polar surface area (TPSA) is 68.5 Å². The van der Waals surface area contributed by atoms with Crippen LogP contribution in [0, 0.1) is 12.7 Å². The van der Waals surface area contributed by atoms with E-state index in [1.807, 2.05) is 6.92 Å². The Kier molecular flexibility index (Phi) is 5.52. The molecule has 0 fully saturated rings.